The second kappa shape index (κ2) is 14.6. The number of benzene rings is 1. The van der Waals surface area contributed by atoms with Gasteiger partial charge in [-0.05, 0) is 18.6 Å². The molecule has 0 spiro atoms. The molecule has 0 atom stereocenters. The number of nitrogens with one attached hydrogen (secondary N) is 2. The Morgan fingerprint density at radius 3 is 2.11 bits per heavy atom. The lowest BCUT2D eigenvalue weighted by molar-refractivity contribution is 0.0945. The first kappa shape index (κ1) is 23.6. The molecular weight excluding hydrogens is 360 g/mol. The van der Waals surface area contributed by atoms with E-state index in [0.29, 0.717) is 6.61 Å². The number of phenols is 2. The van der Waals surface area contributed by atoms with Crippen LogP contribution in [0.2, 0.25) is 0 Å². The molecule has 28 heavy (non-hydrogen) atoms. The summed E-state index contributed by atoms with van der Waals surface area (Å²) in [6.07, 6.45) is 11.6. The number of ether oxygens (including phenoxy) is 1. The normalized spacial score (nSPS) is 10.5. The van der Waals surface area contributed by atoms with Crippen LogP contribution in [0.1, 0.15) is 81.5 Å². The quantitative estimate of drug-likeness (QED) is 0.276. The summed E-state index contributed by atoms with van der Waals surface area (Å²) in [5.74, 6) is -1.03. The summed E-state index contributed by atoms with van der Waals surface area (Å²) in [7, 11) is 0. The molecule has 1 aromatic rings. The molecule has 158 valence electrons. The van der Waals surface area contributed by atoms with E-state index < -0.39 is 12.0 Å². The number of carbonyl (C=O) groups excluding carboxylic acids is 2. The Kier molecular flexibility index (Phi) is 12.3. The van der Waals surface area contributed by atoms with E-state index in [1.165, 1.54) is 57.1 Å². The average molecular weight is 395 g/mol. The fourth-order valence-corrected chi connectivity index (χ4v) is 2.81. The van der Waals surface area contributed by atoms with Crippen molar-refractivity contribution in [3.05, 3.63) is 23.8 Å². The lowest BCUT2D eigenvalue weighted by Crippen LogP contribution is -2.37. The molecule has 0 aliphatic rings. The zero-order valence-corrected chi connectivity index (χ0v) is 16.8. The summed E-state index contributed by atoms with van der Waals surface area (Å²) in [6, 6.07) is 3.66. The highest BCUT2D eigenvalue weighted by Crippen LogP contribution is 2.22. The minimum Gasteiger partial charge on any atom is -0.508 e. The Bertz CT molecular complexity index is 592. The van der Waals surface area contributed by atoms with Gasteiger partial charge < -0.3 is 25.6 Å². The fourth-order valence-electron chi connectivity index (χ4n) is 2.81. The van der Waals surface area contributed by atoms with Gasteiger partial charge in [-0.15, -0.1) is 0 Å². The van der Waals surface area contributed by atoms with Crippen molar-refractivity contribution in [2.45, 2.75) is 71.1 Å². The molecule has 7 nitrogen and oxygen atoms in total. The summed E-state index contributed by atoms with van der Waals surface area (Å²) in [5.41, 5.74) is 0.0123. The van der Waals surface area contributed by atoms with Gasteiger partial charge >= 0.3 is 6.09 Å². The van der Waals surface area contributed by atoms with Crippen LogP contribution < -0.4 is 10.6 Å². The minimum atomic E-state index is -0.592. The molecule has 0 fully saturated rings. The Hall–Kier alpha value is -2.44. The van der Waals surface area contributed by atoms with Crippen LogP contribution in [-0.4, -0.2) is 35.5 Å². The van der Waals surface area contributed by atoms with Crippen LogP contribution in [0, 0.1) is 0 Å². The van der Waals surface area contributed by atoms with Crippen molar-refractivity contribution in [3.8, 4) is 11.5 Å². The van der Waals surface area contributed by atoms with Gasteiger partial charge in [0.15, 0.2) is 0 Å². The van der Waals surface area contributed by atoms with E-state index in [1.807, 2.05) is 0 Å². The summed E-state index contributed by atoms with van der Waals surface area (Å²) >= 11 is 0. The molecule has 0 aliphatic heterocycles. The SMILES string of the molecule is CCCCCCCCCCCCOC(=O)NCNC(=O)c1ccc(O)cc1O. The van der Waals surface area contributed by atoms with Gasteiger partial charge in [0, 0.05) is 6.07 Å². The second-order valence-corrected chi connectivity index (χ2v) is 6.88. The predicted octanol–water partition coefficient (Wildman–Crippen LogP) is 4.43. The van der Waals surface area contributed by atoms with Crippen LogP contribution in [0.25, 0.3) is 0 Å². The molecule has 0 saturated heterocycles. The molecule has 7 heteroatoms. The van der Waals surface area contributed by atoms with E-state index in [-0.39, 0.29) is 23.7 Å². The lowest BCUT2D eigenvalue weighted by atomic mass is 10.1. The van der Waals surface area contributed by atoms with Gasteiger partial charge in [0.1, 0.15) is 11.5 Å². The molecule has 1 rings (SSSR count). The summed E-state index contributed by atoms with van der Waals surface area (Å²) in [4.78, 5) is 23.4. The highest BCUT2D eigenvalue weighted by molar-refractivity contribution is 5.97. The maximum Gasteiger partial charge on any atom is 0.408 e. The molecule has 0 bridgehead atoms. The van der Waals surface area contributed by atoms with Crippen molar-refractivity contribution >= 4 is 12.0 Å². The molecule has 0 heterocycles. The first-order valence-electron chi connectivity index (χ1n) is 10.3. The fraction of sp³-hybridized carbons (Fsp3) is 0.619. The van der Waals surface area contributed by atoms with Gasteiger partial charge in [-0.25, -0.2) is 4.79 Å². The number of carbonyl (C=O) groups is 2. The van der Waals surface area contributed by atoms with E-state index in [2.05, 4.69) is 17.6 Å². The van der Waals surface area contributed by atoms with E-state index in [0.717, 1.165) is 25.3 Å². The Labute approximate surface area is 167 Å². The Morgan fingerprint density at radius 1 is 0.893 bits per heavy atom. The standard InChI is InChI=1S/C21H34N2O5/c1-2-3-4-5-6-7-8-9-10-11-14-28-21(27)23-16-22-20(26)18-13-12-17(24)15-19(18)25/h12-13,15,24-25H,2-11,14,16H2,1H3,(H,22,26)(H,23,27). The first-order valence-corrected chi connectivity index (χ1v) is 10.3. The van der Waals surface area contributed by atoms with Gasteiger partial charge in [0.2, 0.25) is 0 Å². The molecule has 4 N–H and O–H groups in total. The predicted molar refractivity (Wildman–Crippen MR) is 108 cm³/mol. The van der Waals surface area contributed by atoms with Crippen LogP contribution in [0.5, 0.6) is 11.5 Å². The number of unbranched alkanes of at least 4 members (excludes halogenated alkanes) is 9. The van der Waals surface area contributed by atoms with Crippen LogP contribution in [0.4, 0.5) is 4.79 Å². The lowest BCUT2D eigenvalue weighted by Gasteiger charge is -2.09. The number of alkyl carbamates (subject to hydrolysis) is 1. The zero-order valence-electron chi connectivity index (χ0n) is 16.8. The molecule has 0 aliphatic carbocycles. The van der Waals surface area contributed by atoms with Gasteiger partial charge in [0.05, 0.1) is 18.8 Å². The number of rotatable bonds is 14. The van der Waals surface area contributed by atoms with Crippen molar-refractivity contribution in [1.29, 1.82) is 0 Å². The van der Waals surface area contributed by atoms with Crippen molar-refractivity contribution in [2.24, 2.45) is 0 Å². The van der Waals surface area contributed by atoms with E-state index >= 15 is 0 Å². The van der Waals surface area contributed by atoms with Crippen LogP contribution in [0.3, 0.4) is 0 Å². The molecule has 0 radical (unpaired) electrons. The third kappa shape index (κ3) is 10.6. The van der Waals surface area contributed by atoms with Gasteiger partial charge in [-0.3, -0.25) is 4.79 Å². The smallest absolute Gasteiger partial charge is 0.408 e. The monoisotopic (exact) mass is 394 g/mol. The van der Waals surface area contributed by atoms with Crippen molar-refractivity contribution < 1.29 is 24.5 Å². The van der Waals surface area contributed by atoms with Crippen LogP contribution in [0.15, 0.2) is 18.2 Å². The number of hydrogen-bond donors (Lipinski definition) is 4. The number of phenolic OH excluding ortho intramolecular Hbond substituents is 2. The molecule has 0 aromatic heterocycles. The van der Waals surface area contributed by atoms with Crippen LogP contribution >= 0.6 is 0 Å². The van der Waals surface area contributed by atoms with E-state index in [1.54, 1.807) is 0 Å². The summed E-state index contributed by atoms with van der Waals surface area (Å²) in [6.45, 7) is 2.47. The third-order valence-electron chi connectivity index (χ3n) is 4.44. The zero-order chi connectivity index (χ0) is 20.6. The van der Waals surface area contributed by atoms with E-state index in [9.17, 15) is 19.8 Å². The summed E-state index contributed by atoms with van der Waals surface area (Å²) < 4.78 is 5.06. The van der Waals surface area contributed by atoms with Gasteiger partial charge in [-0.1, -0.05) is 64.7 Å². The van der Waals surface area contributed by atoms with Crippen molar-refractivity contribution in [3.63, 3.8) is 0 Å². The first-order chi connectivity index (χ1) is 13.5. The molecule has 1 aromatic carbocycles. The van der Waals surface area contributed by atoms with Crippen molar-refractivity contribution in [2.75, 3.05) is 13.3 Å². The summed E-state index contributed by atoms with van der Waals surface area (Å²) in [5, 5.41) is 23.7. The second-order valence-electron chi connectivity index (χ2n) is 6.88. The molecule has 0 saturated carbocycles. The van der Waals surface area contributed by atoms with Crippen molar-refractivity contribution in [1.82, 2.24) is 10.6 Å². The molecule has 2 amide bonds. The largest absolute Gasteiger partial charge is 0.508 e. The van der Waals surface area contributed by atoms with Gasteiger partial charge in [-0.2, -0.15) is 0 Å². The number of hydrogen-bond acceptors (Lipinski definition) is 5. The third-order valence-corrected chi connectivity index (χ3v) is 4.44. The molecular formula is C21H34N2O5. The maximum absolute atomic E-state index is 11.9. The Balaban J connectivity index is 1.99. The highest BCUT2D eigenvalue weighted by Gasteiger charge is 2.11. The minimum absolute atomic E-state index is 0.0123. The number of aromatic hydroxyl groups is 2. The van der Waals surface area contributed by atoms with Gasteiger partial charge in [0.25, 0.3) is 5.91 Å². The van der Waals surface area contributed by atoms with E-state index in [4.69, 9.17) is 4.74 Å². The number of amides is 2. The topological polar surface area (TPSA) is 108 Å². The maximum atomic E-state index is 11.9. The average Bonchev–Trinajstić information content (AvgIpc) is 2.66. The Morgan fingerprint density at radius 2 is 1.50 bits per heavy atom. The van der Waals surface area contributed by atoms with Crippen LogP contribution in [-0.2, 0) is 4.74 Å². The highest BCUT2D eigenvalue weighted by atomic mass is 16.5. The molecule has 0 unspecified atom stereocenters.